The Morgan fingerprint density at radius 1 is 1.29 bits per heavy atom. The van der Waals surface area contributed by atoms with Crippen molar-refractivity contribution >= 4 is 17.5 Å². The topological polar surface area (TPSA) is 75.4 Å². The number of alkyl halides is 3. The summed E-state index contributed by atoms with van der Waals surface area (Å²) in [6, 6.07) is 6.02. The van der Waals surface area contributed by atoms with E-state index in [1.807, 2.05) is 0 Å². The van der Waals surface area contributed by atoms with Gasteiger partial charge in [0.15, 0.2) is 0 Å². The van der Waals surface area contributed by atoms with Gasteiger partial charge in [0.2, 0.25) is 11.8 Å². The first-order valence-corrected chi connectivity index (χ1v) is 7.72. The van der Waals surface area contributed by atoms with Crippen molar-refractivity contribution < 1.29 is 22.8 Å². The van der Waals surface area contributed by atoms with Crippen molar-refractivity contribution in [2.75, 3.05) is 25.0 Å². The molecule has 0 bridgehead atoms. The third kappa shape index (κ3) is 5.14. The third-order valence-corrected chi connectivity index (χ3v) is 4.01. The molecule has 2 rings (SSSR count). The molecule has 1 atom stereocenters. The number of nitrogens with zero attached hydrogens (tertiary/aromatic N) is 1. The number of halogens is 3. The van der Waals surface area contributed by atoms with Crippen LogP contribution in [-0.2, 0) is 16.0 Å². The zero-order valence-corrected chi connectivity index (χ0v) is 13.1. The zero-order valence-electron chi connectivity index (χ0n) is 13.1. The number of hydrogen-bond acceptors (Lipinski definition) is 3. The van der Waals surface area contributed by atoms with E-state index in [2.05, 4.69) is 5.32 Å². The van der Waals surface area contributed by atoms with Gasteiger partial charge < -0.3 is 16.0 Å². The summed E-state index contributed by atoms with van der Waals surface area (Å²) in [7, 11) is 0. The Balaban J connectivity index is 1.96. The van der Waals surface area contributed by atoms with E-state index in [1.54, 1.807) is 6.07 Å². The van der Waals surface area contributed by atoms with E-state index < -0.39 is 18.5 Å². The van der Waals surface area contributed by atoms with Crippen molar-refractivity contribution in [1.82, 2.24) is 4.90 Å². The highest BCUT2D eigenvalue weighted by molar-refractivity contribution is 5.83. The second-order valence-electron chi connectivity index (χ2n) is 5.88. The molecule has 1 saturated heterocycles. The lowest BCUT2D eigenvalue weighted by molar-refractivity contribution is -0.133. The van der Waals surface area contributed by atoms with E-state index in [1.165, 1.54) is 23.1 Å². The average molecular weight is 343 g/mol. The maximum absolute atomic E-state index is 12.6. The van der Waals surface area contributed by atoms with E-state index in [0.29, 0.717) is 19.4 Å². The molecule has 0 spiro atoms. The van der Waals surface area contributed by atoms with E-state index >= 15 is 0 Å². The van der Waals surface area contributed by atoms with E-state index in [4.69, 9.17) is 5.73 Å². The minimum absolute atomic E-state index is 0.0893. The fourth-order valence-electron chi connectivity index (χ4n) is 2.78. The Hall–Kier alpha value is -2.25. The first kappa shape index (κ1) is 18.1. The lowest BCUT2D eigenvalue weighted by atomic mass is 9.97. The molecular weight excluding hydrogens is 323 g/mol. The summed E-state index contributed by atoms with van der Waals surface area (Å²) in [5.41, 5.74) is 5.65. The summed E-state index contributed by atoms with van der Waals surface area (Å²) >= 11 is 0. The number of anilines is 1. The van der Waals surface area contributed by atoms with Crippen LogP contribution in [0.1, 0.15) is 18.4 Å². The number of carbonyl (C=O) groups excluding carboxylic acids is 2. The molecule has 8 heteroatoms. The standard InChI is InChI=1S/C16H20F3N3O2/c17-16(18,19)8-11-4-1-2-6-13(11)21-9-14(23)22-7-3-5-12(10-22)15(20)24/h1-2,4,6,12,21H,3,5,7-10H2,(H2,20,24)/t12-/m0/s1. The lowest BCUT2D eigenvalue weighted by Gasteiger charge is -2.31. The fraction of sp³-hybridized carbons (Fsp3) is 0.500. The molecule has 0 unspecified atom stereocenters. The maximum atomic E-state index is 12.6. The molecule has 0 radical (unpaired) electrons. The first-order chi connectivity index (χ1) is 11.3. The number of carbonyl (C=O) groups is 2. The SMILES string of the molecule is NC(=O)[C@H]1CCCN(C(=O)CNc2ccccc2CC(F)(F)F)C1. The second kappa shape index (κ2) is 7.55. The Morgan fingerprint density at radius 2 is 2.00 bits per heavy atom. The molecule has 132 valence electrons. The van der Waals surface area contributed by atoms with E-state index in [0.717, 1.165) is 0 Å². The maximum Gasteiger partial charge on any atom is 0.393 e. The third-order valence-electron chi connectivity index (χ3n) is 4.01. The van der Waals surface area contributed by atoms with Crippen LogP contribution >= 0.6 is 0 Å². The molecule has 1 aromatic carbocycles. The van der Waals surface area contributed by atoms with Gasteiger partial charge in [-0.25, -0.2) is 0 Å². The number of nitrogens with two attached hydrogens (primary N) is 1. The fourth-order valence-corrected chi connectivity index (χ4v) is 2.78. The Kier molecular flexibility index (Phi) is 5.69. The van der Waals surface area contributed by atoms with Gasteiger partial charge in [-0.2, -0.15) is 13.2 Å². The first-order valence-electron chi connectivity index (χ1n) is 7.72. The molecule has 1 aliphatic heterocycles. The van der Waals surface area contributed by atoms with Crippen LogP contribution in [0.5, 0.6) is 0 Å². The van der Waals surface area contributed by atoms with Crippen LogP contribution in [0.4, 0.5) is 18.9 Å². The molecule has 1 heterocycles. The molecule has 1 aliphatic rings. The van der Waals surface area contributed by atoms with Gasteiger partial charge in [-0.3, -0.25) is 9.59 Å². The number of benzene rings is 1. The Bertz CT molecular complexity index is 604. The largest absolute Gasteiger partial charge is 0.393 e. The Morgan fingerprint density at radius 3 is 2.67 bits per heavy atom. The number of para-hydroxylation sites is 1. The minimum Gasteiger partial charge on any atom is -0.376 e. The van der Waals surface area contributed by atoms with Crippen LogP contribution in [0.3, 0.4) is 0 Å². The van der Waals surface area contributed by atoms with E-state index in [9.17, 15) is 22.8 Å². The smallest absolute Gasteiger partial charge is 0.376 e. The summed E-state index contributed by atoms with van der Waals surface area (Å²) in [4.78, 5) is 25.0. The molecule has 5 nitrogen and oxygen atoms in total. The lowest BCUT2D eigenvalue weighted by Crippen LogP contribution is -2.46. The molecule has 0 aromatic heterocycles. The summed E-state index contributed by atoms with van der Waals surface area (Å²) in [6.07, 6.45) is -4.04. The van der Waals surface area contributed by atoms with Gasteiger partial charge in [-0.05, 0) is 24.5 Å². The van der Waals surface area contributed by atoms with Crippen LogP contribution in [0, 0.1) is 5.92 Å². The van der Waals surface area contributed by atoms with Crippen LogP contribution in [0.25, 0.3) is 0 Å². The number of hydrogen-bond donors (Lipinski definition) is 2. The van der Waals surface area contributed by atoms with Crippen molar-refractivity contribution in [2.45, 2.75) is 25.4 Å². The number of primary amides is 1. The highest BCUT2D eigenvalue weighted by atomic mass is 19.4. The molecule has 0 aliphatic carbocycles. The van der Waals surface area contributed by atoms with Crippen molar-refractivity contribution in [3.63, 3.8) is 0 Å². The molecule has 1 fully saturated rings. The van der Waals surface area contributed by atoms with Gasteiger partial charge >= 0.3 is 6.18 Å². The monoisotopic (exact) mass is 343 g/mol. The van der Waals surface area contributed by atoms with Crippen molar-refractivity contribution in [3.05, 3.63) is 29.8 Å². The Labute approximate surface area is 138 Å². The predicted octanol–water partition coefficient (Wildman–Crippen LogP) is 1.93. The molecule has 1 aromatic rings. The van der Waals surface area contributed by atoms with Gasteiger partial charge in [-0.15, -0.1) is 0 Å². The summed E-state index contributed by atoms with van der Waals surface area (Å²) in [6.45, 7) is 0.662. The molecule has 2 amide bonds. The summed E-state index contributed by atoms with van der Waals surface area (Å²) in [5.74, 6) is -1.06. The molecule has 3 N–H and O–H groups in total. The zero-order chi connectivity index (χ0) is 17.7. The molecule has 0 saturated carbocycles. The van der Waals surface area contributed by atoms with Gasteiger partial charge in [0, 0.05) is 18.8 Å². The predicted molar refractivity (Wildman–Crippen MR) is 83.2 cm³/mol. The summed E-state index contributed by atoms with van der Waals surface area (Å²) < 4.78 is 37.7. The van der Waals surface area contributed by atoms with Crippen molar-refractivity contribution in [2.24, 2.45) is 11.7 Å². The normalized spacial score (nSPS) is 18.3. The van der Waals surface area contributed by atoms with Crippen molar-refractivity contribution in [3.8, 4) is 0 Å². The van der Waals surface area contributed by atoms with Crippen LogP contribution in [0.15, 0.2) is 24.3 Å². The number of amides is 2. The van der Waals surface area contributed by atoms with Gasteiger partial charge in [-0.1, -0.05) is 18.2 Å². The van der Waals surface area contributed by atoms with Crippen LogP contribution in [-0.4, -0.2) is 42.5 Å². The van der Waals surface area contributed by atoms with Crippen LogP contribution < -0.4 is 11.1 Å². The average Bonchev–Trinajstić information content (AvgIpc) is 2.52. The number of rotatable bonds is 5. The molecular formula is C16H20F3N3O2. The number of likely N-dealkylation sites (tertiary alicyclic amines) is 1. The minimum atomic E-state index is -4.32. The van der Waals surface area contributed by atoms with E-state index in [-0.39, 0.29) is 36.2 Å². The van der Waals surface area contributed by atoms with Crippen molar-refractivity contribution in [1.29, 1.82) is 0 Å². The summed E-state index contributed by atoms with van der Waals surface area (Å²) in [5, 5.41) is 2.77. The van der Waals surface area contributed by atoms with Gasteiger partial charge in [0.1, 0.15) is 0 Å². The van der Waals surface area contributed by atoms with Crippen LogP contribution in [0.2, 0.25) is 0 Å². The van der Waals surface area contributed by atoms with Gasteiger partial charge in [0.05, 0.1) is 18.9 Å². The van der Waals surface area contributed by atoms with Gasteiger partial charge in [0.25, 0.3) is 0 Å². The second-order valence-corrected chi connectivity index (χ2v) is 5.88. The quantitative estimate of drug-likeness (QED) is 0.858. The molecule has 24 heavy (non-hydrogen) atoms. The highest BCUT2D eigenvalue weighted by Gasteiger charge is 2.29. The highest BCUT2D eigenvalue weighted by Crippen LogP contribution is 2.26. The number of piperidine rings is 1. The number of nitrogens with one attached hydrogen (secondary N) is 1.